The molecule has 2 aromatic carbocycles. The van der Waals surface area contributed by atoms with Crippen LogP contribution in [0.15, 0.2) is 78.4 Å². The number of aryl methyl sites for hydroxylation is 1. The number of ketones is 1. The maximum atomic E-state index is 13.5. The third kappa shape index (κ3) is 8.25. The molecule has 0 aliphatic heterocycles. The summed E-state index contributed by atoms with van der Waals surface area (Å²) in [5.41, 5.74) is 2.90. The minimum atomic E-state index is -0.954. The van der Waals surface area contributed by atoms with Crippen molar-refractivity contribution >= 4 is 17.7 Å². The number of carbonyl (C=O) groups is 3. The monoisotopic (exact) mass is 502 g/mol. The Morgan fingerprint density at radius 3 is 2.27 bits per heavy atom. The number of Topliss-reactive ketones (excluding diaryl/α,β-unsaturated/α-hetero) is 1. The van der Waals surface area contributed by atoms with Crippen molar-refractivity contribution in [3.63, 3.8) is 0 Å². The van der Waals surface area contributed by atoms with Crippen LogP contribution in [0.25, 0.3) is 0 Å². The average Bonchev–Trinajstić information content (AvgIpc) is 2.93. The molecule has 1 aliphatic rings. The summed E-state index contributed by atoms with van der Waals surface area (Å²) in [5.74, 6) is -0.724. The minimum absolute atomic E-state index is 0.0261. The molecule has 1 aliphatic carbocycles. The normalized spacial score (nSPS) is 14.5. The Kier molecular flexibility index (Phi) is 10.8. The van der Waals surface area contributed by atoms with Crippen LogP contribution in [0.5, 0.6) is 0 Å². The molecule has 6 nitrogen and oxygen atoms in total. The van der Waals surface area contributed by atoms with Crippen LogP contribution in [0.1, 0.15) is 67.1 Å². The maximum absolute atomic E-state index is 13.5. The van der Waals surface area contributed by atoms with Gasteiger partial charge in [0.15, 0.2) is 11.8 Å². The minimum Gasteiger partial charge on any atom is -0.459 e. The summed E-state index contributed by atoms with van der Waals surface area (Å²) in [7, 11) is 0. The Bertz CT molecular complexity index is 1100. The number of amides is 1. The van der Waals surface area contributed by atoms with Gasteiger partial charge >= 0.3 is 5.97 Å². The summed E-state index contributed by atoms with van der Waals surface area (Å²) < 4.78 is 6.05. The molecule has 0 saturated carbocycles. The number of esters is 1. The first kappa shape index (κ1) is 28.1. The molecule has 196 valence electrons. The molecule has 2 atom stereocenters. The summed E-state index contributed by atoms with van der Waals surface area (Å²) >= 11 is 0. The first-order chi connectivity index (χ1) is 17.9. The van der Waals surface area contributed by atoms with Crippen LogP contribution in [0, 0.1) is 12.8 Å². The molecule has 6 heteroatoms. The zero-order chi connectivity index (χ0) is 26.6. The van der Waals surface area contributed by atoms with E-state index in [4.69, 9.17) is 4.74 Å². The topological polar surface area (TPSA) is 84.5 Å². The van der Waals surface area contributed by atoms with Crippen molar-refractivity contribution in [2.75, 3.05) is 13.1 Å². The van der Waals surface area contributed by atoms with Gasteiger partial charge in [0, 0.05) is 17.7 Å². The smallest absolute Gasteiger partial charge is 0.333 e. The van der Waals surface area contributed by atoms with Crippen LogP contribution in [-0.2, 0) is 14.3 Å². The zero-order valence-corrected chi connectivity index (χ0v) is 22.0. The Balaban J connectivity index is 1.73. The highest BCUT2D eigenvalue weighted by atomic mass is 16.5. The number of hydrogen-bond acceptors (Lipinski definition) is 5. The van der Waals surface area contributed by atoms with Crippen molar-refractivity contribution in [2.45, 2.75) is 58.6 Å². The number of rotatable bonds is 13. The molecular formula is C31H38N2O4. The first-order valence-corrected chi connectivity index (χ1v) is 13.2. The van der Waals surface area contributed by atoms with Crippen molar-refractivity contribution in [3.8, 4) is 0 Å². The van der Waals surface area contributed by atoms with E-state index in [0.717, 1.165) is 36.8 Å². The fourth-order valence-corrected chi connectivity index (χ4v) is 4.43. The van der Waals surface area contributed by atoms with E-state index in [-0.39, 0.29) is 24.2 Å². The Morgan fingerprint density at radius 1 is 0.946 bits per heavy atom. The average molecular weight is 503 g/mol. The number of carbonyl (C=O) groups excluding carboxylic acids is 3. The molecule has 2 N–H and O–H groups in total. The molecule has 1 unspecified atom stereocenters. The largest absolute Gasteiger partial charge is 0.459 e. The molecule has 0 radical (unpaired) electrons. The van der Waals surface area contributed by atoms with Gasteiger partial charge in [0.1, 0.15) is 6.10 Å². The van der Waals surface area contributed by atoms with E-state index < -0.39 is 18.1 Å². The number of allylic oxidation sites excluding steroid dienone is 3. The molecule has 37 heavy (non-hydrogen) atoms. The lowest BCUT2D eigenvalue weighted by Crippen LogP contribution is -2.42. The lowest BCUT2D eigenvalue weighted by molar-refractivity contribution is -0.154. The van der Waals surface area contributed by atoms with Crippen LogP contribution in [-0.4, -0.2) is 36.9 Å². The molecule has 0 heterocycles. The second kappa shape index (κ2) is 14.3. The van der Waals surface area contributed by atoms with Crippen molar-refractivity contribution in [2.24, 2.45) is 5.92 Å². The summed E-state index contributed by atoms with van der Waals surface area (Å²) in [4.78, 5) is 39.0. The number of benzene rings is 2. The van der Waals surface area contributed by atoms with E-state index in [1.807, 2.05) is 55.5 Å². The van der Waals surface area contributed by atoms with Crippen molar-refractivity contribution in [1.82, 2.24) is 10.6 Å². The van der Waals surface area contributed by atoms with Crippen molar-refractivity contribution < 1.29 is 19.1 Å². The zero-order valence-electron chi connectivity index (χ0n) is 22.0. The predicted octanol–water partition coefficient (Wildman–Crippen LogP) is 5.25. The summed E-state index contributed by atoms with van der Waals surface area (Å²) in [6, 6.07) is 15.3. The fraction of sp³-hybridized carbons (Fsp3) is 0.387. The molecule has 3 rings (SSSR count). The van der Waals surface area contributed by atoms with Crippen molar-refractivity contribution in [3.05, 3.63) is 95.1 Å². The van der Waals surface area contributed by atoms with Crippen LogP contribution in [0.4, 0.5) is 0 Å². The van der Waals surface area contributed by atoms with E-state index in [9.17, 15) is 14.4 Å². The maximum Gasteiger partial charge on any atom is 0.333 e. The second-order valence-electron chi connectivity index (χ2n) is 9.43. The van der Waals surface area contributed by atoms with E-state index >= 15 is 0 Å². The van der Waals surface area contributed by atoms with Gasteiger partial charge in [0.05, 0.1) is 6.54 Å². The van der Waals surface area contributed by atoms with Gasteiger partial charge in [0.25, 0.3) is 5.91 Å². The van der Waals surface area contributed by atoms with Gasteiger partial charge < -0.3 is 15.4 Å². The highest BCUT2D eigenvalue weighted by Gasteiger charge is 2.30. The van der Waals surface area contributed by atoms with E-state index in [1.54, 1.807) is 24.3 Å². The highest BCUT2D eigenvalue weighted by Crippen LogP contribution is 2.22. The van der Waals surface area contributed by atoms with Gasteiger partial charge in [-0.3, -0.25) is 9.59 Å². The second-order valence-corrected chi connectivity index (χ2v) is 9.43. The van der Waals surface area contributed by atoms with E-state index in [0.29, 0.717) is 17.7 Å². The summed E-state index contributed by atoms with van der Waals surface area (Å²) in [6.45, 7) is 6.62. The fourth-order valence-electron chi connectivity index (χ4n) is 4.43. The quantitative estimate of drug-likeness (QED) is 0.366. The molecule has 1 amide bonds. The molecule has 0 aromatic heterocycles. The third-order valence-corrected chi connectivity index (χ3v) is 6.75. The van der Waals surface area contributed by atoms with Crippen LogP contribution in [0.2, 0.25) is 0 Å². The van der Waals surface area contributed by atoms with Gasteiger partial charge in [-0.15, -0.1) is 0 Å². The van der Waals surface area contributed by atoms with Crippen LogP contribution < -0.4 is 10.6 Å². The standard InChI is InChI=1S/C31H38N2O4/c1-4-23(5-2)28(21-32-20-27(34)24-12-8-6-9-13-24)37-31(36)29(25-18-16-22(3)17-19-25)33-30(35)26-14-10-7-11-15-26/h7-8,10-19,23,28-29,32H,4-6,9,20-21H2,1-3H3,(H,33,35)/t28-,29?/m0/s1. The molecule has 0 saturated heterocycles. The van der Waals surface area contributed by atoms with Gasteiger partial charge in [-0.05, 0) is 56.2 Å². The number of ether oxygens (including phenoxy) is 1. The van der Waals surface area contributed by atoms with Gasteiger partial charge in [-0.1, -0.05) is 80.1 Å². The Hall–Kier alpha value is -3.51. The molecule has 0 bridgehead atoms. The number of nitrogens with one attached hydrogen (secondary N) is 2. The summed E-state index contributed by atoms with van der Waals surface area (Å²) in [5, 5.41) is 6.06. The van der Waals surface area contributed by atoms with E-state index in [1.165, 1.54) is 0 Å². The first-order valence-electron chi connectivity index (χ1n) is 13.2. The van der Waals surface area contributed by atoms with Crippen LogP contribution in [0.3, 0.4) is 0 Å². The molecule has 2 aromatic rings. The van der Waals surface area contributed by atoms with Crippen LogP contribution >= 0.6 is 0 Å². The lowest BCUT2D eigenvalue weighted by Gasteiger charge is -2.28. The third-order valence-electron chi connectivity index (χ3n) is 6.75. The van der Waals surface area contributed by atoms with Crippen molar-refractivity contribution in [1.29, 1.82) is 0 Å². The van der Waals surface area contributed by atoms with Gasteiger partial charge in [0.2, 0.25) is 0 Å². The molecule has 0 spiro atoms. The molecular weight excluding hydrogens is 464 g/mol. The van der Waals surface area contributed by atoms with Gasteiger partial charge in [-0.2, -0.15) is 0 Å². The Labute approximate surface area is 220 Å². The van der Waals surface area contributed by atoms with E-state index in [2.05, 4.69) is 24.5 Å². The number of hydrogen-bond donors (Lipinski definition) is 2. The molecule has 0 fully saturated rings. The Morgan fingerprint density at radius 2 is 1.65 bits per heavy atom. The predicted molar refractivity (Wildman–Crippen MR) is 146 cm³/mol. The summed E-state index contributed by atoms with van der Waals surface area (Å²) in [6.07, 6.45) is 8.88. The van der Waals surface area contributed by atoms with Gasteiger partial charge in [-0.25, -0.2) is 4.79 Å². The SMILES string of the molecule is CCC(CC)[C@H](CNCC(=O)C1=CCCC=C1)OC(=O)C(NC(=O)c1ccccc1)c1ccc(C)cc1. The highest BCUT2D eigenvalue weighted by molar-refractivity contribution is 5.99. The lowest BCUT2D eigenvalue weighted by atomic mass is 9.95.